The second kappa shape index (κ2) is 10.3. The Bertz CT molecular complexity index is 856. The predicted octanol–water partition coefficient (Wildman–Crippen LogP) is 5.51. The fourth-order valence-corrected chi connectivity index (χ4v) is 3.70. The molecule has 0 saturated carbocycles. The molecule has 0 unspecified atom stereocenters. The molecule has 2 aromatic carbocycles. The molecule has 1 aliphatic heterocycles. The molecule has 1 fully saturated rings. The van der Waals surface area contributed by atoms with Crippen molar-refractivity contribution in [2.24, 2.45) is 5.92 Å². The lowest BCUT2D eigenvalue weighted by atomic mass is 9.96. The molecule has 0 bridgehead atoms. The van der Waals surface area contributed by atoms with Crippen LogP contribution in [0.3, 0.4) is 0 Å². The van der Waals surface area contributed by atoms with Gasteiger partial charge in [-0.1, -0.05) is 40.2 Å². The second-order valence-electron chi connectivity index (χ2n) is 7.48. The number of rotatable bonds is 6. The van der Waals surface area contributed by atoms with Gasteiger partial charge in [-0.15, -0.1) is 0 Å². The number of amides is 1. The summed E-state index contributed by atoms with van der Waals surface area (Å²) in [6.45, 7) is 2.76. The highest BCUT2D eigenvalue weighted by atomic mass is 79.9. The highest BCUT2D eigenvalue weighted by Gasteiger charge is 2.29. The minimum absolute atomic E-state index is 0.0223. The number of nitrogens with one attached hydrogen (secondary N) is 1. The van der Waals surface area contributed by atoms with E-state index in [1.54, 1.807) is 6.08 Å². The van der Waals surface area contributed by atoms with Gasteiger partial charge in [-0.3, -0.25) is 4.79 Å². The van der Waals surface area contributed by atoms with Crippen molar-refractivity contribution in [1.29, 1.82) is 0 Å². The van der Waals surface area contributed by atoms with Crippen molar-refractivity contribution in [3.8, 4) is 0 Å². The van der Waals surface area contributed by atoms with Gasteiger partial charge in [0.15, 0.2) is 0 Å². The van der Waals surface area contributed by atoms with Gasteiger partial charge in [-0.2, -0.15) is 13.2 Å². The lowest BCUT2D eigenvalue weighted by Crippen LogP contribution is -2.40. The number of benzene rings is 2. The Labute approximate surface area is 183 Å². The standard InChI is InChI=1S/C23H24BrF3N2O/c24-21-8-3-17(4-9-21)5-10-22(30)29-13-11-19(12-14-29)16-28-15-18-1-6-20(7-2-18)23(25,26)27/h1-10,19,28H,11-16H2. The van der Waals surface area contributed by atoms with Crippen LogP contribution in [0.25, 0.3) is 6.08 Å². The van der Waals surface area contributed by atoms with E-state index in [-0.39, 0.29) is 5.91 Å². The van der Waals surface area contributed by atoms with Crippen molar-refractivity contribution in [3.63, 3.8) is 0 Å². The molecule has 2 aromatic rings. The van der Waals surface area contributed by atoms with Crippen LogP contribution in [0.2, 0.25) is 0 Å². The van der Waals surface area contributed by atoms with E-state index in [1.807, 2.05) is 35.2 Å². The Kier molecular flexibility index (Phi) is 7.72. The fourth-order valence-electron chi connectivity index (χ4n) is 3.44. The number of halogens is 4. The normalized spacial score (nSPS) is 15.7. The summed E-state index contributed by atoms with van der Waals surface area (Å²) in [4.78, 5) is 14.2. The van der Waals surface area contributed by atoms with Gasteiger partial charge in [0.1, 0.15) is 0 Å². The Morgan fingerprint density at radius 3 is 2.30 bits per heavy atom. The molecule has 1 saturated heterocycles. The molecule has 1 N–H and O–H groups in total. The fraction of sp³-hybridized carbons (Fsp3) is 0.348. The maximum atomic E-state index is 12.6. The van der Waals surface area contributed by atoms with Crippen molar-refractivity contribution in [2.45, 2.75) is 25.6 Å². The zero-order valence-corrected chi connectivity index (χ0v) is 18.0. The minimum Gasteiger partial charge on any atom is -0.339 e. The Balaban J connectivity index is 1.38. The van der Waals surface area contributed by atoms with Crippen LogP contribution in [0.5, 0.6) is 0 Å². The third-order valence-electron chi connectivity index (χ3n) is 5.26. The number of carbonyl (C=O) groups excluding carboxylic acids is 1. The van der Waals surface area contributed by atoms with Crippen molar-refractivity contribution >= 4 is 27.9 Å². The SMILES string of the molecule is O=C(C=Cc1ccc(Br)cc1)N1CCC(CNCc2ccc(C(F)(F)F)cc2)CC1. The zero-order valence-electron chi connectivity index (χ0n) is 16.5. The molecule has 160 valence electrons. The van der Waals surface area contributed by atoms with Crippen molar-refractivity contribution in [1.82, 2.24) is 10.2 Å². The van der Waals surface area contributed by atoms with Crippen molar-refractivity contribution in [2.75, 3.05) is 19.6 Å². The number of nitrogens with zero attached hydrogens (tertiary/aromatic N) is 1. The van der Waals surface area contributed by atoms with Gasteiger partial charge in [0, 0.05) is 30.2 Å². The van der Waals surface area contributed by atoms with Crippen LogP contribution in [0.15, 0.2) is 59.1 Å². The monoisotopic (exact) mass is 480 g/mol. The van der Waals surface area contributed by atoms with Crippen LogP contribution in [0, 0.1) is 5.92 Å². The highest BCUT2D eigenvalue weighted by Crippen LogP contribution is 2.29. The number of piperidine rings is 1. The maximum Gasteiger partial charge on any atom is 0.416 e. The molecule has 3 rings (SSSR count). The summed E-state index contributed by atoms with van der Waals surface area (Å²) in [5.41, 5.74) is 1.18. The molecule has 30 heavy (non-hydrogen) atoms. The zero-order chi connectivity index (χ0) is 21.6. The second-order valence-corrected chi connectivity index (χ2v) is 8.39. The Morgan fingerprint density at radius 1 is 1.07 bits per heavy atom. The van der Waals surface area contributed by atoms with E-state index in [2.05, 4.69) is 21.2 Å². The van der Waals surface area contributed by atoms with Crippen molar-refractivity contribution < 1.29 is 18.0 Å². The largest absolute Gasteiger partial charge is 0.416 e. The number of carbonyl (C=O) groups is 1. The van der Waals surface area contributed by atoms with Crippen LogP contribution in [0.4, 0.5) is 13.2 Å². The van der Waals surface area contributed by atoms with Gasteiger partial charge < -0.3 is 10.2 Å². The van der Waals surface area contributed by atoms with E-state index >= 15 is 0 Å². The summed E-state index contributed by atoms with van der Waals surface area (Å²) in [6.07, 6.45) is 0.972. The molecule has 1 heterocycles. The number of alkyl halides is 3. The molecule has 0 aromatic heterocycles. The van der Waals surface area contributed by atoms with Gasteiger partial charge in [-0.25, -0.2) is 0 Å². The maximum absolute atomic E-state index is 12.6. The number of hydrogen-bond donors (Lipinski definition) is 1. The van der Waals surface area contributed by atoms with Crippen LogP contribution < -0.4 is 5.32 Å². The van der Waals surface area contributed by atoms with Gasteiger partial charge in [0.25, 0.3) is 0 Å². The molecule has 0 radical (unpaired) electrons. The van der Waals surface area contributed by atoms with Gasteiger partial charge in [0.2, 0.25) is 5.91 Å². The summed E-state index contributed by atoms with van der Waals surface area (Å²) in [6, 6.07) is 13.0. The summed E-state index contributed by atoms with van der Waals surface area (Å²) in [5, 5.41) is 3.32. The molecule has 0 atom stereocenters. The third-order valence-corrected chi connectivity index (χ3v) is 5.79. The average molecular weight is 481 g/mol. The number of likely N-dealkylation sites (tertiary alicyclic amines) is 1. The first-order valence-corrected chi connectivity index (χ1v) is 10.7. The van der Waals surface area contributed by atoms with E-state index < -0.39 is 11.7 Å². The molecule has 1 amide bonds. The molecular weight excluding hydrogens is 457 g/mol. The van der Waals surface area contributed by atoms with E-state index in [4.69, 9.17) is 0 Å². The topological polar surface area (TPSA) is 32.3 Å². The lowest BCUT2D eigenvalue weighted by Gasteiger charge is -2.31. The first-order chi connectivity index (χ1) is 14.3. The Morgan fingerprint density at radius 2 is 1.70 bits per heavy atom. The smallest absolute Gasteiger partial charge is 0.339 e. The average Bonchev–Trinajstić information content (AvgIpc) is 2.73. The van der Waals surface area contributed by atoms with Crippen LogP contribution in [-0.2, 0) is 17.5 Å². The van der Waals surface area contributed by atoms with Crippen molar-refractivity contribution in [3.05, 3.63) is 75.8 Å². The predicted molar refractivity (Wildman–Crippen MR) is 116 cm³/mol. The van der Waals surface area contributed by atoms with E-state index in [0.717, 1.165) is 60.2 Å². The Hall–Kier alpha value is -2.12. The lowest BCUT2D eigenvalue weighted by molar-refractivity contribution is -0.137. The van der Waals surface area contributed by atoms with E-state index in [1.165, 1.54) is 12.1 Å². The highest BCUT2D eigenvalue weighted by molar-refractivity contribution is 9.10. The van der Waals surface area contributed by atoms with Crippen LogP contribution >= 0.6 is 15.9 Å². The quantitative estimate of drug-likeness (QED) is 0.552. The molecule has 0 spiro atoms. The molecular formula is C23H24BrF3N2O. The van der Waals surface area contributed by atoms with Crippen LogP contribution in [0.1, 0.15) is 29.5 Å². The third kappa shape index (κ3) is 6.71. The molecule has 3 nitrogen and oxygen atoms in total. The van der Waals surface area contributed by atoms with E-state index in [0.29, 0.717) is 12.5 Å². The summed E-state index contributed by atoms with van der Waals surface area (Å²) in [7, 11) is 0. The summed E-state index contributed by atoms with van der Waals surface area (Å²) < 4.78 is 38.8. The minimum atomic E-state index is -4.30. The summed E-state index contributed by atoms with van der Waals surface area (Å²) in [5.74, 6) is 0.480. The van der Waals surface area contributed by atoms with E-state index in [9.17, 15) is 18.0 Å². The molecule has 1 aliphatic rings. The van der Waals surface area contributed by atoms with Gasteiger partial charge in [-0.05, 0) is 66.8 Å². The molecule has 7 heteroatoms. The first kappa shape index (κ1) is 22.6. The van der Waals surface area contributed by atoms with Crippen LogP contribution in [-0.4, -0.2) is 30.4 Å². The van der Waals surface area contributed by atoms with Gasteiger partial charge in [0.05, 0.1) is 5.56 Å². The summed E-state index contributed by atoms with van der Waals surface area (Å²) >= 11 is 3.39. The van der Waals surface area contributed by atoms with Gasteiger partial charge >= 0.3 is 6.18 Å². The number of hydrogen-bond acceptors (Lipinski definition) is 2. The first-order valence-electron chi connectivity index (χ1n) is 9.90. The molecule has 0 aliphatic carbocycles.